The predicted molar refractivity (Wildman–Crippen MR) is 80.0 cm³/mol. The van der Waals surface area contributed by atoms with Crippen LogP contribution in [0.4, 0.5) is 0 Å². The highest BCUT2D eigenvalue weighted by atomic mass is 32.1. The third-order valence-corrected chi connectivity index (χ3v) is 5.04. The maximum atomic E-state index is 12.5. The van der Waals surface area contributed by atoms with Crippen molar-refractivity contribution in [2.24, 2.45) is 5.92 Å². The Morgan fingerprint density at radius 2 is 2.38 bits per heavy atom. The molecule has 1 amide bonds. The molecule has 6 nitrogen and oxygen atoms in total. The molecule has 1 aliphatic rings. The lowest BCUT2D eigenvalue weighted by molar-refractivity contribution is -0.135. The molecule has 112 valence electrons. The first kappa shape index (κ1) is 14.2. The smallest absolute Gasteiger partial charge is 0.227 e. The van der Waals surface area contributed by atoms with Crippen molar-refractivity contribution >= 4 is 17.2 Å². The number of thiazole rings is 1. The number of aromatic nitrogens is 4. The van der Waals surface area contributed by atoms with Gasteiger partial charge >= 0.3 is 0 Å². The zero-order chi connectivity index (χ0) is 14.8. The molecule has 0 saturated carbocycles. The molecule has 1 atom stereocenters. The lowest BCUT2D eigenvalue weighted by atomic mass is 9.98. The lowest BCUT2D eigenvalue weighted by Crippen LogP contribution is -2.38. The molecule has 21 heavy (non-hydrogen) atoms. The standard InChI is InChI=1S/C14H19N5OS/c1-10-12(21-9-16-10)5-6-18(2)14(20)11-3-4-13-15-8-17-19(13)7-11/h8-9,11H,3-7H2,1-2H3. The summed E-state index contributed by atoms with van der Waals surface area (Å²) in [6, 6.07) is 0. The lowest BCUT2D eigenvalue weighted by Gasteiger charge is -2.26. The quantitative estimate of drug-likeness (QED) is 0.854. The Morgan fingerprint density at radius 1 is 1.52 bits per heavy atom. The van der Waals surface area contributed by atoms with E-state index in [9.17, 15) is 4.79 Å². The first-order valence-corrected chi connectivity index (χ1v) is 8.03. The van der Waals surface area contributed by atoms with Crippen molar-refractivity contribution in [2.45, 2.75) is 32.7 Å². The summed E-state index contributed by atoms with van der Waals surface area (Å²) in [6.07, 6.45) is 4.14. The van der Waals surface area contributed by atoms with E-state index in [1.165, 1.54) is 4.88 Å². The number of carbonyl (C=O) groups excluding carboxylic acids is 1. The van der Waals surface area contributed by atoms with Gasteiger partial charge in [0.25, 0.3) is 0 Å². The van der Waals surface area contributed by atoms with E-state index in [0.717, 1.165) is 37.3 Å². The summed E-state index contributed by atoms with van der Waals surface area (Å²) < 4.78 is 1.85. The summed E-state index contributed by atoms with van der Waals surface area (Å²) in [5.41, 5.74) is 2.94. The van der Waals surface area contributed by atoms with Crippen molar-refractivity contribution < 1.29 is 4.79 Å². The minimum absolute atomic E-state index is 0.0201. The van der Waals surface area contributed by atoms with Crippen LogP contribution in [0.1, 0.15) is 22.8 Å². The Balaban J connectivity index is 1.57. The van der Waals surface area contributed by atoms with Gasteiger partial charge < -0.3 is 4.90 Å². The minimum atomic E-state index is 0.0201. The molecule has 2 aromatic rings. The SMILES string of the molecule is Cc1ncsc1CCN(C)C(=O)C1CCc2ncnn2C1. The molecule has 0 saturated heterocycles. The molecule has 1 aliphatic heterocycles. The van der Waals surface area contributed by atoms with Gasteiger partial charge in [0.05, 0.1) is 23.7 Å². The van der Waals surface area contributed by atoms with E-state index in [0.29, 0.717) is 6.54 Å². The Kier molecular flexibility index (Phi) is 4.01. The second kappa shape index (κ2) is 5.93. The highest BCUT2D eigenvalue weighted by molar-refractivity contribution is 7.09. The second-order valence-corrected chi connectivity index (χ2v) is 6.40. The average Bonchev–Trinajstić information content (AvgIpc) is 3.11. The number of nitrogens with zero attached hydrogens (tertiary/aromatic N) is 5. The first-order chi connectivity index (χ1) is 10.1. The van der Waals surface area contributed by atoms with Crippen molar-refractivity contribution in [3.05, 3.63) is 28.2 Å². The summed E-state index contributed by atoms with van der Waals surface area (Å²) in [6.45, 7) is 3.40. The van der Waals surface area contributed by atoms with Gasteiger partial charge in [0, 0.05) is 31.3 Å². The molecule has 0 aliphatic carbocycles. The molecular weight excluding hydrogens is 286 g/mol. The summed E-state index contributed by atoms with van der Waals surface area (Å²) >= 11 is 1.66. The van der Waals surface area contributed by atoms with Gasteiger partial charge in [-0.3, -0.25) is 4.79 Å². The molecule has 0 N–H and O–H groups in total. The Bertz CT molecular complexity index is 635. The summed E-state index contributed by atoms with van der Waals surface area (Å²) in [5, 5.41) is 4.18. The van der Waals surface area contributed by atoms with Gasteiger partial charge in [0.1, 0.15) is 12.2 Å². The fourth-order valence-electron chi connectivity index (χ4n) is 2.70. The number of likely N-dealkylation sites (N-methyl/N-ethyl adjacent to an activating group) is 1. The number of aryl methyl sites for hydroxylation is 2. The van der Waals surface area contributed by atoms with Gasteiger partial charge in [-0.15, -0.1) is 11.3 Å². The molecule has 2 aromatic heterocycles. The maximum absolute atomic E-state index is 12.5. The second-order valence-electron chi connectivity index (χ2n) is 5.46. The fraction of sp³-hybridized carbons (Fsp3) is 0.571. The molecule has 0 aromatic carbocycles. The average molecular weight is 305 g/mol. The van der Waals surface area contributed by atoms with Gasteiger partial charge in [-0.2, -0.15) is 5.10 Å². The third-order valence-electron chi connectivity index (χ3n) is 4.05. The monoisotopic (exact) mass is 305 g/mol. The molecule has 0 spiro atoms. The Morgan fingerprint density at radius 3 is 3.14 bits per heavy atom. The van der Waals surface area contributed by atoms with Gasteiger partial charge in [-0.05, 0) is 13.3 Å². The van der Waals surface area contributed by atoms with Gasteiger partial charge in [0.15, 0.2) is 0 Å². The van der Waals surface area contributed by atoms with E-state index in [-0.39, 0.29) is 11.8 Å². The number of carbonyl (C=O) groups is 1. The van der Waals surface area contributed by atoms with Crippen molar-refractivity contribution in [1.29, 1.82) is 0 Å². The number of rotatable bonds is 4. The molecule has 1 unspecified atom stereocenters. The molecule has 0 fully saturated rings. The number of hydrogen-bond acceptors (Lipinski definition) is 5. The van der Waals surface area contributed by atoms with Crippen LogP contribution in [0.3, 0.4) is 0 Å². The van der Waals surface area contributed by atoms with Crippen molar-refractivity contribution in [1.82, 2.24) is 24.6 Å². The molecule has 0 radical (unpaired) electrons. The topological polar surface area (TPSA) is 63.9 Å². The van der Waals surface area contributed by atoms with Gasteiger partial charge in [-0.25, -0.2) is 14.6 Å². The van der Waals surface area contributed by atoms with Crippen LogP contribution in [0.25, 0.3) is 0 Å². The number of hydrogen-bond donors (Lipinski definition) is 0. The van der Waals surface area contributed by atoms with Crippen molar-refractivity contribution in [3.63, 3.8) is 0 Å². The summed E-state index contributed by atoms with van der Waals surface area (Å²) in [5.74, 6) is 1.21. The Hall–Kier alpha value is -1.76. The van der Waals surface area contributed by atoms with Crippen LogP contribution < -0.4 is 0 Å². The van der Waals surface area contributed by atoms with Crippen LogP contribution in [0, 0.1) is 12.8 Å². The predicted octanol–water partition coefficient (Wildman–Crippen LogP) is 1.31. The van der Waals surface area contributed by atoms with Crippen LogP contribution in [-0.2, 0) is 24.2 Å². The van der Waals surface area contributed by atoms with Crippen LogP contribution >= 0.6 is 11.3 Å². The van der Waals surface area contributed by atoms with E-state index in [2.05, 4.69) is 15.1 Å². The van der Waals surface area contributed by atoms with E-state index >= 15 is 0 Å². The number of fused-ring (bicyclic) bond motifs is 1. The van der Waals surface area contributed by atoms with Gasteiger partial charge in [0.2, 0.25) is 5.91 Å². The van der Waals surface area contributed by atoms with Crippen LogP contribution in [0.2, 0.25) is 0 Å². The first-order valence-electron chi connectivity index (χ1n) is 7.15. The molecule has 3 heterocycles. The normalized spacial score (nSPS) is 17.5. The van der Waals surface area contributed by atoms with E-state index in [1.54, 1.807) is 17.7 Å². The zero-order valence-corrected chi connectivity index (χ0v) is 13.1. The zero-order valence-electron chi connectivity index (χ0n) is 12.3. The fourth-order valence-corrected chi connectivity index (χ4v) is 3.47. The number of amides is 1. The third kappa shape index (κ3) is 2.97. The van der Waals surface area contributed by atoms with E-state index in [4.69, 9.17) is 0 Å². The van der Waals surface area contributed by atoms with Gasteiger partial charge in [-0.1, -0.05) is 0 Å². The highest BCUT2D eigenvalue weighted by Crippen LogP contribution is 2.20. The van der Waals surface area contributed by atoms with Crippen LogP contribution in [-0.4, -0.2) is 44.1 Å². The summed E-state index contributed by atoms with van der Waals surface area (Å²) in [7, 11) is 1.88. The maximum Gasteiger partial charge on any atom is 0.227 e. The minimum Gasteiger partial charge on any atom is -0.345 e. The Labute approximate surface area is 127 Å². The van der Waals surface area contributed by atoms with E-state index in [1.807, 2.05) is 29.1 Å². The highest BCUT2D eigenvalue weighted by Gasteiger charge is 2.27. The summed E-state index contributed by atoms with van der Waals surface area (Å²) in [4.78, 5) is 24.1. The molecular formula is C14H19N5OS. The largest absolute Gasteiger partial charge is 0.345 e. The molecule has 0 bridgehead atoms. The molecule has 7 heteroatoms. The van der Waals surface area contributed by atoms with Crippen molar-refractivity contribution in [3.8, 4) is 0 Å². The molecule has 3 rings (SSSR count). The van der Waals surface area contributed by atoms with Crippen LogP contribution in [0.15, 0.2) is 11.8 Å². The van der Waals surface area contributed by atoms with Crippen molar-refractivity contribution in [2.75, 3.05) is 13.6 Å². The van der Waals surface area contributed by atoms with Crippen LogP contribution in [0.5, 0.6) is 0 Å². The van der Waals surface area contributed by atoms with E-state index < -0.39 is 0 Å².